The quantitative estimate of drug-likeness (QED) is 0.663. The molecule has 9 heteroatoms. The van der Waals surface area contributed by atoms with E-state index in [1.165, 1.54) is 0 Å². The molecule has 9 nitrogen and oxygen atoms in total. The predicted octanol–water partition coefficient (Wildman–Crippen LogP) is 0.375. The average Bonchev–Trinajstić information content (AvgIpc) is 3.37. The van der Waals surface area contributed by atoms with Gasteiger partial charge < -0.3 is 9.80 Å². The Bertz CT molecular complexity index is 978. The zero-order chi connectivity index (χ0) is 17.8. The molecule has 2 saturated heterocycles. The number of nitrogens with zero attached hydrogens (tertiary/aromatic N) is 8. The third-order valence-electron chi connectivity index (χ3n) is 5.45. The van der Waals surface area contributed by atoms with Crippen LogP contribution in [-0.2, 0) is 7.05 Å². The Balaban J connectivity index is 1.30. The van der Waals surface area contributed by atoms with Crippen LogP contribution in [0.2, 0.25) is 0 Å². The van der Waals surface area contributed by atoms with Gasteiger partial charge in [0, 0.05) is 51.3 Å². The summed E-state index contributed by atoms with van der Waals surface area (Å²) in [5.41, 5.74) is 1.43. The molecule has 2 aliphatic rings. The Hall–Kier alpha value is -2.97. The lowest BCUT2D eigenvalue weighted by Gasteiger charge is -2.22. The zero-order valence-corrected chi connectivity index (χ0v) is 14.8. The second-order valence-electron chi connectivity index (χ2n) is 7.25. The minimum atomic E-state index is 0.0821. The molecule has 134 valence electrons. The first-order chi connectivity index (χ1) is 12.6. The van der Waals surface area contributed by atoms with Gasteiger partial charge in [0.15, 0.2) is 11.5 Å². The monoisotopic (exact) mass is 352 g/mol. The highest BCUT2D eigenvalue weighted by atomic mass is 16.2. The third kappa shape index (κ3) is 2.34. The summed E-state index contributed by atoms with van der Waals surface area (Å²) in [6.07, 6.45) is 3.42. The van der Waals surface area contributed by atoms with Crippen molar-refractivity contribution in [3.63, 3.8) is 0 Å². The Morgan fingerprint density at radius 2 is 1.88 bits per heavy atom. The highest BCUT2D eigenvalue weighted by Crippen LogP contribution is 2.33. The van der Waals surface area contributed by atoms with Gasteiger partial charge in [-0.2, -0.15) is 9.61 Å². The topological polar surface area (TPSA) is 84.5 Å². The number of aryl methyl sites for hydroxylation is 2. The number of rotatable bonds is 2. The van der Waals surface area contributed by atoms with Crippen LogP contribution < -0.4 is 4.90 Å². The molecule has 2 unspecified atom stereocenters. The van der Waals surface area contributed by atoms with Crippen molar-refractivity contribution < 1.29 is 4.79 Å². The lowest BCUT2D eigenvalue weighted by atomic mass is 10.0. The van der Waals surface area contributed by atoms with Crippen molar-refractivity contribution in [2.75, 3.05) is 31.1 Å². The fourth-order valence-corrected chi connectivity index (χ4v) is 4.12. The zero-order valence-electron chi connectivity index (χ0n) is 14.8. The average molecular weight is 352 g/mol. The van der Waals surface area contributed by atoms with Gasteiger partial charge in [-0.3, -0.25) is 9.48 Å². The number of likely N-dealkylation sites (tertiary alicyclic amines) is 1. The van der Waals surface area contributed by atoms with Crippen molar-refractivity contribution in [1.29, 1.82) is 0 Å². The summed E-state index contributed by atoms with van der Waals surface area (Å²) in [5.74, 6) is 2.78. The van der Waals surface area contributed by atoms with Crippen molar-refractivity contribution >= 4 is 17.4 Å². The van der Waals surface area contributed by atoms with Gasteiger partial charge in [0.05, 0.1) is 11.8 Å². The molecule has 1 amide bonds. The number of hydrogen-bond donors (Lipinski definition) is 0. The lowest BCUT2D eigenvalue weighted by Crippen LogP contribution is -2.33. The SMILES string of the molecule is Cc1nnc2ccc(N3CC4CN(C(=O)c5cnn(C)c5)CC4C3)nn12. The smallest absolute Gasteiger partial charge is 0.257 e. The highest BCUT2D eigenvalue weighted by molar-refractivity contribution is 5.94. The van der Waals surface area contributed by atoms with Gasteiger partial charge in [-0.05, 0) is 19.1 Å². The molecular formula is C17H20N8O. The van der Waals surface area contributed by atoms with Crippen LogP contribution in [0, 0.1) is 18.8 Å². The molecular weight excluding hydrogens is 332 g/mol. The normalized spacial score (nSPS) is 22.4. The standard InChI is InChI=1S/C17H20N8O/c1-11-19-20-15-3-4-16(21-25(11)15)23-7-13-9-24(10-14(13)8-23)17(26)12-5-18-22(2)6-12/h3-6,13-14H,7-10H2,1-2H3. The van der Waals surface area contributed by atoms with Crippen LogP contribution in [0.25, 0.3) is 5.65 Å². The van der Waals surface area contributed by atoms with Gasteiger partial charge in [-0.25, -0.2) is 0 Å². The molecule has 5 rings (SSSR count). The van der Waals surface area contributed by atoms with Gasteiger partial charge in [0.25, 0.3) is 5.91 Å². The van der Waals surface area contributed by atoms with Crippen LogP contribution in [0.4, 0.5) is 5.82 Å². The second-order valence-corrected chi connectivity index (χ2v) is 7.25. The van der Waals surface area contributed by atoms with Crippen molar-refractivity contribution in [3.05, 3.63) is 35.9 Å². The number of anilines is 1. The Kier molecular flexibility index (Phi) is 3.25. The lowest BCUT2D eigenvalue weighted by molar-refractivity contribution is 0.0782. The number of aromatic nitrogens is 6. The molecule has 0 N–H and O–H groups in total. The Labute approximate surface area is 150 Å². The number of hydrogen-bond acceptors (Lipinski definition) is 6. The molecule has 0 bridgehead atoms. The number of carbonyl (C=O) groups is 1. The summed E-state index contributed by atoms with van der Waals surface area (Å²) >= 11 is 0. The first-order valence-electron chi connectivity index (χ1n) is 8.80. The summed E-state index contributed by atoms with van der Waals surface area (Å²) in [5, 5.41) is 16.9. The van der Waals surface area contributed by atoms with E-state index in [0.717, 1.165) is 43.5 Å². The van der Waals surface area contributed by atoms with Crippen molar-refractivity contribution in [2.24, 2.45) is 18.9 Å². The second kappa shape index (κ2) is 5.52. The van der Waals surface area contributed by atoms with Crippen LogP contribution >= 0.6 is 0 Å². The van der Waals surface area contributed by atoms with E-state index in [1.807, 2.05) is 31.0 Å². The van der Waals surface area contributed by atoms with E-state index in [9.17, 15) is 4.79 Å². The van der Waals surface area contributed by atoms with Gasteiger partial charge >= 0.3 is 0 Å². The maximum Gasteiger partial charge on any atom is 0.257 e. The molecule has 3 aromatic heterocycles. The fourth-order valence-electron chi connectivity index (χ4n) is 4.12. The van der Waals surface area contributed by atoms with Gasteiger partial charge in [-0.1, -0.05) is 0 Å². The van der Waals surface area contributed by atoms with E-state index >= 15 is 0 Å². The summed E-state index contributed by atoms with van der Waals surface area (Å²) < 4.78 is 3.45. The van der Waals surface area contributed by atoms with Crippen LogP contribution in [-0.4, -0.2) is 66.6 Å². The minimum Gasteiger partial charge on any atom is -0.354 e. The molecule has 2 fully saturated rings. The fraction of sp³-hybridized carbons (Fsp3) is 0.471. The number of fused-ring (bicyclic) bond motifs is 2. The Morgan fingerprint density at radius 1 is 1.12 bits per heavy atom. The molecule has 3 aromatic rings. The summed E-state index contributed by atoms with van der Waals surface area (Å²) in [6.45, 7) is 5.32. The molecule has 0 spiro atoms. The van der Waals surface area contributed by atoms with E-state index in [4.69, 9.17) is 0 Å². The van der Waals surface area contributed by atoms with E-state index in [1.54, 1.807) is 21.6 Å². The van der Waals surface area contributed by atoms with E-state index in [-0.39, 0.29) is 5.91 Å². The molecule has 5 heterocycles. The summed E-state index contributed by atoms with van der Waals surface area (Å²) in [6, 6.07) is 3.96. The highest BCUT2D eigenvalue weighted by Gasteiger charge is 2.42. The maximum atomic E-state index is 12.6. The van der Waals surface area contributed by atoms with Crippen molar-refractivity contribution in [3.8, 4) is 0 Å². The first-order valence-corrected chi connectivity index (χ1v) is 8.80. The van der Waals surface area contributed by atoms with Crippen LogP contribution in [0.1, 0.15) is 16.2 Å². The van der Waals surface area contributed by atoms with Gasteiger partial charge in [0.1, 0.15) is 5.82 Å². The maximum absolute atomic E-state index is 12.6. The number of amides is 1. The minimum absolute atomic E-state index is 0.0821. The van der Waals surface area contributed by atoms with Crippen LogP contribution in [0.15, 0.2) is 24.5 Å². The molecule has 2 aliphatic heterocycles. The largest absolute Gasteiger partial charge is 0.354 e. The van der Waals surface area contributed by atoms with Crippen molar-refractivity contribution in [1.82, 2.24) is 34.5 Å². The van der Waals surface area contributed by atoms with E-state index in [0.29, 0.717) is 17.4 Å². The first kappa shape index (κ1) is 15.3. The van der Waals surface area contributed by atoms with Gasteiger partial charge in [0.2, 0.25) is 0 Å². The van der Waals surface area contributed by atoms with Gasteiger partial charge in [-0.15, -0.1) is 15.3 Å². The Morgan fingerprint density at radius 3 is 2.58 bits per heavy atom. The molecule has 0 radical (unpaired) electrons. The molecule has 26 heavy (non-hydrogen) atoms. The van der Waals surface area contributed by atoms with E-state index in [2.05, 4.69) is 25.3 Å². The summed E-state index contributed by atoms with van der Waals surface area (Å²) in [7, 11) is 1.83. The van der Waals surface area contributed by atoms with E-state index < -0.39 is 0 Å². The molecule has 0 aromatic carbocycles. The third-order valence-corrected chi connectivity index (χ3v) is 5.45. The van der Waals surface area contributed by atoms with Crippen LogP contribution in [0.5, 0.6) is 0 Å². The van der Waals surface area contributed by atoms with Crippen molar-refractivity contribution in [2.45, 2.75) is 6.92 Å². The molecule has 0 aliphatic carbocycles. The number of carbonyl (C=O) groups excluding carboxylic acids is 1. The summed E-state index contributed by atoms with van der Waals surface area (Å²) in [4.78, 5) is 16.9. The molecule has 0 saturated carbocycles. The van der Waals surface area contributed by atoms with Crippen LogP contribution in [0.3, 0.4) is 0 Å². The predicted molar refractivity (Wildman–Crippen MR) is 93.8 cm³/mol. The molecule has 2 atom stereocenters.